The molecule has 1 atom stereocenters. The molecule has 15 heavy (non-hydrogen) atoms. The third-order valence-corrected chi connectivity index (χ3v) is 2.65. The summed E-state index contributed by atoms with van der Waals surface area (Å²) in [5.74, 6) is 2.17. The molecule has 82 valence electrons. The standard InChI is InChI=1S/C11H17N3O/c1-8-6-10(12-2)14-11(13-8)9-4-3-5-15-7-9/h6,9H,3-5,7H2,1-2H3,(H,12,13,14). The average molecular weight is 207 g/mol. The first-order chi connectivity index (χ1) is 7.29. The van der Waals surface area contributed by atoms with Crippen LogP contribution in [0.2, 0.25) is 0 Å². The Morgan fingerprint density at radius 3 is 3.00 bits per heavy atom. The Morgan fingerprint density at radius 1 is 1.47 bits per heavy atom. The van der Waals surface area contributed by atoms with Gasteiger partial charge in [-0.25, -0.2) is 9.97 Å². The van der Waals surface area contributed by atoms with Crippen LogP contribution >= 0.6 is 0 Å². The summed E-state index contributed by atoms with van der Waals surface area (Å²) < 4.78 is 5.45. The van der Waals surface area contributed by atoms with Crippen LogP contribution in [-0.2, 0) is 4.74 Å². The zero-order valence-electron chi connectivity index (χ0n) is 9.29. The van der Waals surface area contributed by atoms with Gasteiger partial charge in [0.1, 0.15) is 11.6 Å². The van der Waals surface area contributed by atoms with Gasteiger partial charge in [-0.1, -0.05) is 0 Å². The van der Waals surface area contributed by atoms with E-state index in [1.165, 1.54) is 0 Å². The van der Waals surface area contributed by atoms with Crippen molar-refractivity contribution in [1.29, 1.82) is 0 Å². The number of hydrogen-bond donors (Lipinski definition) is 1. The number of rotatable bonds is 2. The Morgan fingerprint density at radius 2 is 2.33 bits per heavy atom. The van der Waals surface area contributed by atoms with Gasteiger partial charge in [-0.15, -0.1) is 0 Å². The Balaban J connectivity index is 2.22. The fourth-order valence-electron chi connectivity index (χ4n) is 1.85. The quantitative estimate of drug-likeness (QED) is 0.802. The molecular weight excluding hydrogens is 190 g/mol. The molecule has 2 rings (SSSR count). The lowest BCUT2D eigenvalue weighted by Gasteiger charge is -2.21. The predicted octanol–water partition coefficient (Wildman–Crippen LogP) is 1.72. The zero-order chi connectivity index (χ0) is 10.7. The lowest BCUT2D eigenvalue weighted by Crippen LogP contribution is -2.18. The third kappa shape index (κ3) is 2.45. The predicted molar refractivity (Wildman–Crippen MR) is 59.1 cm³/mol. The van der Waals surface area contributed by atoms with Crippen molar-refractivity contribution in [2.45, 2.75) is 25.7 Å². The van der Waals surface area contributed by atoms with Crippen LogP contribution in [0.1, 0.15) is 30.3 Å². The van der Waals surface area contributed by atoms with E-state index in [0.29, 0.717) is 5.92 Å². The summed E-state index contributed by atoms with van der Waals surface area (Å²) in [6, 6.07) is 1.95. The zero-order valence-corrected chi connectivity index (χ0v) is 9.29. The van der Waals surface area contributed by atoms with E-state index >= 15 is 0 Å². The van der Waals surface area contributed by atoms with E-state index in [1.807, 2.05) is 20.0 Å². The van der Waals surface area contributed by atoms with E-state index in [-0.39, 0.29) is 0 Å². The summed E-state index contributed by atoms with van der Waals surface area (Å²) in [7, 11) is 1.88. The summed E-state index contributed by atoms with van der Waals surface area (Å²) in [6.07, 6.45) is 2.24. The number of nitrogens with one attached hydrogen (secondary N) is 1. The monoisotopic (exact) mass is 207 g/mol. The normalized spacial score (nSPS) is 21.3. The minimum absolute atomic E-state index is 0.366. The van der Waals surface area contributed by atoms with Crippen molar-refractivity contribution in [2.24, 2.45) is 0 Å². The highest BCUT2D eigenvalue weighted by Gasteiger charge is 2.19. The van der Waals surface area contributed by atoms with Gasteiger partial charge in [-0.3, -0.25) is 0 Å². The fourth-order valence-corrected chi connectivity index (χ4v) is 1.85. The van der Waals surface area contributed by atoms with Crippen LogP contribution in [0.3, 0.4) is 0 Å². The molecule has 1 aromatic rings. The summed E-state index contributed by atoms with van der Waals surface area (Å²) in [6.45, 7) is 3.63. The van der Waals surface area contributed by atoms with Crippen molar-refractivity contribution in [3.8, 4) is 0 Å². The van der Waals surface area contributed by atoms with E-state index in [4.69, 9.17) is 4.74 Å². The van der Waals surface area contributed by atoms with E-state index in [9.17, 15) is 0 Å². The van der Waals surface area contributed by atoms with Crippen molar-refractivity contribution in [3.05, 3.63) is 17.6 Å². The highest BCUT2D eigenvalue weighted by Crippen LogP contribution is 2.23. The smallest absolute Gasteiger partial charge is 0.136 e. The fraction of sp³-hybridized carbons (Fsp3) is 0.636. The molecule has 1 unspecified atom stereocenters. The Hall–Kier alpha value is -1.16. The van der Waals surface area contributed by atoms with Crippen LogP contribution in [0.5, 0.6) is 0 Å². The van der Waals surface area contributed by atoms with E-state index in [1.54, 1.807) is 0 Å². The van der Waals surface area contributed by atoms with Crippen molar-refractivity contribution in [3.63, 3.8) is 0 Å². The number of aryl methyl sites for hydroxylation is 1. The summed E-state index contributed by atoms with van der Waals surface area (Å²) >= 11 is 0. The van der Waals surface area contributed by atoms with Crippen LogP contribution in [0.4, 0.5) is 5.82 Å². The number of aromatic nitrogens is 2. The van der Waals surface area contributed by atoms with Crippen molar-refractivity contribution < 1.29 is 4.74 Å². The minimum Gasteiger partial charge on any atom is -0.381 e. The molecule has 0 radical (unpaired) electrons. The average Bonchev–Trinajstić information content (AvgIpc) is 2.29. The summed E-state index contributed by atoms with van der Waals surface area (Å²) in [5.41, 5.74) is 1.01. The van der Waals surface area contributed by atoms with Crippen LogP contribution < -0.4 is 5.32 Å². The molecule has 1 saturated heterocycles. The van der Waals surface area contributed by atoms with Gasteiger partial charge < -0.3 is 10.1 Å². The van der Waals surface area contributed by atoms with Crippen LogP contribution in [-0.4, -0.2) is 30.2 Å². The Labute approximate surface area is 90.1 Å². The SMILES string of the molecule is CNc1cc(C)nc(C2CCCOC2)n1. The molecule has 0 aromatic carbocycles. The van der Waals surface area contributed by atoms with Gasteiger partial charge in [0.25, 0.3) is 0 Å². The van der Waals surface area contributed by atoms with Crippen LogP contribution in [0.25, 0.3) is 0 Å². The number of hydrogen-bond acceptors (Lipinski definition) is 4. The minimum atomic E-state index is 0.366. The Kier molecular flexibility index (Phi) is 3.16. The van der Waals surface area contributed by atoms with Crippen molar-refractivity contribution in [2.75, 3.05) is 25.6 Å². The van der Waals surface area contributed by atoms with Gasteiger partial charge in [0, 0.05) is 31.3 Å². The number of anilines is 1. The van der Waals surface area contributed by atoms with Gasteiger partial charge >= 0.3 is 0 Å². The molecule has 1 fully saturated rings. The van der Waals surface area contributed by atoms with Gasteiger partial charge in [0.05, 0.1) is 6.61 Å². The van der Waals surface area contributed by atoms with E-state index < -0.39 is 0 Å². The maximum Gasteiger partial charge on any atom is 0.136 e. The van der Waals surface area contributed by atoms with E-state index in [0.717, 1.165) is 43.4 Å². The second-order valence-electron chi connectivity index (χ2n) is 3.92. The maximum absolute atomic E-state index is 5.45. The molecule has 1 aliphatic heterocycles. The molecule has 0 aliphatic carbocycles. The molecule has 1 aliphatic rings. The van der Waals surface area contributed by atoms with Crippen molar-refractivity contribution >= 4 is 5.82 Å². The van der Waals surface area contributed by atoms with E-state index in [2.05, 4.69) is 15.3 Å². The first-order valence-electron chi connectivity index (χ1n) is 5.40. The molecule has 0 bridgehead atoms. The molecule has 1 N–H and O–H groups in total. The lowest BCUT2D eigenvalue weighted by molar-refractivity contribution is 0.0780. The second-order valence-corrected chi connectivity index (χ2v) is 3.92. The highest BCUT2D eigenvalue weighted by molar-refractivity contribution is 5.35. The van der Waals surface area contributed by atoms with Gasteiger partial charge in [-0.2, -0.15) is 0 Å². The maximum atomic E-state index is 5.45. The molecule has 0 spiro atoms. The van der Waals surface area contributed by atoms with Crippen LogP contribution in [0, 0.1) is 6.92 Å². The molecule has 4 heteroatoms. The number of ether oxygens (including phenoxy) is 1. The first kappa shape index (κ1) is 10.4. The third-order valence-electron chi connectivity index (χ3n) is 2.65. The second kappa shape index (κ2) is 4.57. The van der Waals surface area contributed by atoms with Crippen LogP contribution in [0.15, 0.2) is 6.07 Å². The Bertz CT molecular complexity index is 335. The highest BCUT2D eigenvalue weighted by atomic mass is 16.5. The molecule has 4 nitrogen and oxygen atoms in total. The molecule has 0 amide bonds. The topological polar surface area (TPSA) is 47.0 Å². The largest absolute Gasteiger partial charge is 0.381 e. The molecule has 0 saturated carbocycles. The summed E-state index contributed by atoms with van der Waals surface area (Å²) in [5, 5.41) is 3.06. The molecule has 2 heterocycles. The van der Waals surface area contributed by atoms with Gasteiger partial charge in [0.2, 0.25) is 0 Å². The number of nitrogens with zero attached hydrogens (tertiary/aromatic N) is 2. The summed E-state index contributed by atoms with van der Waals surface area (Å²) in [4.78, 5) is 8.95. The molecule has 1 aromatic heterocycles. The lowest BCUT2D eigenvalue weighted by atomic mass is 10.0. The first-order valence-corrected chi connectivity index (χ1v) is 5.40. The van der Waals surface area contributed by atoms with Gasteiger partial charge in [0.15, 0.2) is 0 Å². The van der Waals surface area contributed by atoms with Gasteiger partial charge in [-0.05, 0) is 19.8 Å². The molecular formula is C11H17N3O. The van der Waals surface area contributed by atoms with Crippen molar-refractivity contribution in [1.82, 2.24) is 9.97 Å².